The summed E-state index contributed by atoms with van der Waals surface area (Å²) in [6.07, 6.45) is 2.51. The number of fused-ring (bicyclic) bond motifs is 3. The van der Waals surface area contributed by atoms with Crippen molar-refractivity contribution in [1.29, 1.82) is 0 Å². The second-order valence-corrected chi connectivity index (χ2v) is 8.44. The molecule has 2 aromatic rings. The largest absolute Gasteiger partial charge is 0.494 e. The molecule has 0 aromatic heterocycles. The van der Waals surface area contributed by atoms with E-state index >= 15 is 0 Å². The number of carbonyl (C=O) groups excluding carboxylic acids is 1. The van der Waals surface area contributed by atoms with Crippen LogP contribution in [-0.2, 0) is 27.8 Å². The standard InChI is InChI=1S/C19H20O5S/c1-25(21,22)8-2-7-24-17-5-6-18-16(10-17)13-23-12-15-4-3-14(11-20)9-19(15)18/h3-6,9-11H,2,7-8,12-13H2,1H3. The van der Waals surface area contributed by atoms with Crippen LogP contribution in [0.15, 0.2) is 36.4 Å². The van der Waals surface area contributed by atoms with Crippen LogP contribution in [0.5, 0.6) is 5.75 Å². The summed E-state index contributed by atoms with van der Waals surface area (Å²) in [6, 6.07) is 11.3. The fraction of sp³-hybridized carbons (Fsp3) is 0.316. The van der Waals surface area contributed by atoms with E-state index < -0.39 is 9.84 Å². The van der Waals surface area contributed by atoms with Gasteiger partial charge in [0.1, 0.15) is 21.9 Å². The van der Waals surface area contributed by atoms with Crippen molar-refractivity contribution in [2.75, 3.05) is 18.6 Å². The molecule has 0 amide bonds. The van der Waals surface area contributed by atoms with Crippen molar-refractivity contribution in [3.05, 3.63) is 53.1 Å². The minimum Gasteiger partial charge on any atom is -0.494 e. The molecule has 5 nitrogen and oxygen atoms in total. The van der Waals surface area contributed by atoms with E-state index in [4.69, 9.17) is 9.47 Å². The monoisotopic (exact) mass is 360 g/mol. The fourth-order valence-corrected chi connectivity index (χ4v) is 3.51. The van der Waals surface area contributed by atoms with Crippen molar-refractivity contribution in [3.63, 3.8) is 0 Å². The Labute approximate surface area is 147 Å². The van der Waals surface area contributed by atoms with Crippen LogP contribution >= 0.6 is 0 Å². The van der Waals surface area contributed by atoms with E-state index in [-0.39, 0.29) is 5.75 Å². The van der Waals surface area contributed by atoms with Gasteiger partial charge < -0.3 is 9.47 Å². The molecule has 2 aromatic carbocycles. The average Bonchev–Trinajstić information content (AvgIpc) is 2.76. The lowest BCUT2D eigenvalue weighted by atomic mass is 9.95. The van der Waals surface area contributed by atoms with Crippen molar-refractivity contribution in [2.24, 2.45) is 0 Å². The Hall–Kier alpha value is -2.18. The molecule has 3 rings (SSSR count). The molecule has 132 valence electrons. The Balaban J connectivity index is 1.80. The summed E-state index contributed by atoms with van der Waals surface area (Å²) < 4.78 is 33.7. The third-order valence-electron chi connectivity index (χ3n) is 4.08. The van der Waals surface area contributed by atoms with Gasteiger partial charge in [0.05, 0.1) is 25.6 Å². The number of hydrogen-bond donors (Lipinski definition) is 0. The molecular formula is C19H20O5S. The molecule has 6 heteroatoms. The maximum Gasteiger partial charge on any atom is 0.150 e. The van der Waals surface area contributed by atoms with E-state index in [1.807, 2.05) is 30.3 Å². The highest BCUT2D eigenvalue weighted by atomic mass is 32.2. The molecule has 0 aliphatic carbocycles. The summed E-state index contributed by atoms with van der Waals surface area (Å²) in [6.45, 7) is 1.30. The Kier molecular flexibility index (Phi) is 5.20. The van der Waals surface area contributed by atoms with Crippen molar-refractivity contribution in [3.8, 4) is 16.9 Å². The van der Waals surface area contributed by atoms with Gasteiger partial charge in [0.15, 0.2) is 0 Å². The van der Waals surface area contributed by atoms with Gasteiger partial charge in [-0.05, 0) is 46.9 Å². The summed E-state index contributed by atoms with van der Waals surface area (Å²) >= 11 is 0. The number of hydrogen-bond acceptors (Lipinski definition) is 5. The maximum absolute atomic E-state index is 11.1. The van der Waals surface area contributed by atoms with E-state index in [1.165, 1.54) is 6.26 Å². The van der Waals surface area contributed by atoms with Crippen molar-refractivity contribution in [2.45, 2.75) is 19.6 Å². The zero-order chi connectivity index (χ0) is 17.9. The second-order valence-electron chi connectivity index (χ2n) is 6.18. The van der Waals surface area contributed by atoms with Crippen LogP contribution in [0.25, 0.3) is 11.1 Å². The van der Waals surface area contributed by atoms with Crippen LogP contribution in [0.1, 0.15) is 27.9 Å². The quantitative estimate of drug-likeness (QED) is 0.585. The van der Waals surface area contributed by atoms with Gasteiger partial charge in [0.2, 0.25) is 0 Å². The maximum atomic E-state index is 11.1. The first-order valence-corrected chi connectivity index (χ1v) is 10.1. The van der Waals surface area contributed by atoms with E-state index in [1.54, 1.807) is 6.07 Å². The van der Waals surface area contributed by atoms with Crippen LogP contribution in [0.3, 0.4) is 0 Å². The first-order valence-electron chi connectivity index (χ1n) is 8.06. The van der Waals surface area contributed by atoms with Gasteiger partial charge in [-0.25, -0.2) is 8.42 Å². The molecule has 0 N–H and O–H groups in total. The SMILES string of the molecule is CS(=O)(=O)CCCOc1ccc2c(c1)COCc1ccc(C=O)cc1-2. The molecule has 0 atom stereocenters. The summed E-state index contributed by atoms with van der Waals surface area (Å²) in [5.41, 5.74) is 4.70. The Morgan fingerprint density at radius 3 is 2.64 bits per heavy atom. The van der Waals surface area contributed by atoms with Crippen molar-refractivity contribution in [1.82, 2.24) is 0 Å². The van der Waals surface area contributed by atoms with Gasteiger partial charge in [-0.2, -0.15) is 0 Å². The van der Waals surface area contributed by atoms with Gasteiger partial charge in [0, 0.05) is 11.8 Å². The summed E-state index contributed by atoms with van der Waals surface area (Å²) in [7, 11) is -2.97. The van der Waals surface area contributed by atoms with Crippen LogP contribution < -0.4 is 4.74 Å². The molecule has 1 aliphatic heterocycles. The molecule has 0 fully saturated rings. The summed E-state index contributed by atoms with van der Waals surface area (Å²) in [5.74, 6) is 0.800. The third-order valence-corrected chi connectivity index (χ3v) is 5.11. The van der Waals surface area contributed by atoms with Gasteiger partial charge >= 0.3 is 0 Å². The number of sulfone groups is 1. The Morgan fingerprint density at radius 1 is 1.08 bits per heavy atom. The number of carbonyl (C=O) groups is 1. The van der Waals surface area contributed by atoms with Crippen LogP contribution in [0.4, 0.5) is 0 Å². The second kappa shape index (κ2) is 7.37. The molecule has 0 radical (unpaired) electrons. The zero-order valence-corrected chi connectivity index (χ0v) is 14.8. The highest BCUT2D eigenvalue weighted by Crippen LogP contribution is 2.34. The Morgan fingerprint density at radius 2 is 1.88 bits per heavy atom. The molecular weight excluding hydrogens is 340 g/mol. The van der Waals surface area contributed by atoms with E-state index in [0.717, 1.165) is 28.5 Å². The minimum atomic E-state index is -2.97. The van der Waals surface area contributed by atoms with Crippen LogP contribution in [0, 0.1) is 0 Å². The molecule has 1 aliphatic rings. The third kappa shape index (κ3) is 4.46. The molecule has 0 saturated heterocycles. The summed E-state index contributed by atoms with van der Waals surface area (Å²) in [5, 5.41) is 0. The fourth-order valence-electron chi connectivity index (χ4n) is 2.87. The number of rotatable bonds is 6. The predicted molar refractivity (Wildman–Crippen MR) is 95.6 cm³/mol. The highest BCUT2D eigenvalue weighted by Gasteiger charge is 2.16. The smallest absolute Gasteiger partial charge is 0.150 e. The number of benzene rings is 2. The topological polar surface area (TPSA) is 69.7 Å². The number of aldehydes is 1. The first kappa shape index (κ1) is 17.6. The molecule has 0 unspecified atom stereocenters. The van der Waals surface area contributed by atoms with Gasteiger partial charge in [-0.15, -0.1) is 0 Å². The lowest BCUT2D eigenvalue weighted by molar-refractivity contribution is 0.109. The summed E-state index contributed by atoms with van der Waals surface area (Å²) in [4.78, 5) is 11.1. The lowest BCUT2D eigenvalue weighted by Crippen LogP contribution is -2.08. The van der Waals surface area contributed by atoms with Crippen molar-refractivity contribution < 1.29 is 22.7 Å². The lowest BCUT2D eigenvalue weighted by Gasteiger charge is -2.12. The number of ether oxygens (including phenoxy) is 2. The first-order chi connectivity index (χ1) is 12.0. The van der Waals surface area contributed by atoms with Gasteiger partial charge in [0.25, 0.3) is 0 Å². The highest BCUT2D eigenvalue weighted by molar-refractivity contribution is 7.90. The molecule has 25 heavy (non-hydrogen) atoms. The molecule has 0 spiro atoms. The van der Waals surface area contributed by atoms with E-state index in [0.29, 0.717) is 37.6 Å². The average molecular weight is 360 g/mol. The zero-order valence-electron chi connectivity index (χ0n) is 14.0. The Bertz CT molecular complexity index is 887. The van der Waals surface area contributed by atoms with E-state index in [2.05, 4.69) is 0 Å². The normalized spacial score (nSPS) is 13.5. The van der Waals surface area contributed by atoms with E-state index in [9.17, 15) is 13.2 Å². The molecule has 1 heterocycles. The minimum absolute atomic E-state index is 0.114. The van der Waals surface area contributed by atoms with Gasteiger partial charge in [-0.3, -0.25) is 4.79 Å². The predicted octanol–water partition coefficient (Wildman–Crippen LogP) is 3.01. The van der Waals surface area contributed by atoms with Crippen LogP contribution in [-0.4, -0.2) is 33.3 Å². The molecule has 0 bridgehead atoms. The molecule has 0 saturated carbocycles. The van der Waals surface area contributed by atoms with Crippen molar-refractivity contribution >= 4 is 16.1 Å². The van der Waals surface area contributed by atoms with Crippen LogP contribution in [0.2, 0.25) is 0 Å². The van der Waals surface area contributed by atoms with Gasteiger partial charge in [-0.1, -0.05) is 18.2 Å².